The monoisotopic (exact) mass is 277 g/mol. The van der Waals surface area contributed by atoms with Crippen molar-refractivity contribution in [3.05, 3.63) is 24.3 Å². The molecule has 0 aliphatic carbocycles. The maximum absolute atomic E-state index is 12.0. The molecule has 4 nitrogen and oxygen atoms in total. The van der Waals surface area contributed by atoms with E-state index in [2.05, 4.69) is 0 Å². The normalized spacial score (nSPS) is 11.7. The smallest absolute Gasteiger partial charge is 0.488 e. The zero-order chi connectivity index (χ0) is 14.5. The van der Waals surface area contributed by atoms with Crippen LogP contribution < -0.4 is 10.2 Å². The standard InChI is InChI=1S/C11H15BF3NO3/c1-16(8-11(13,14)15)6-7-19-10-4-2-9(3-5-10)12(17)18/h2-5,17-18H,6-8H2,1H3. The van der Waals surface area contributed by atoms with Crippen molar-refractivity contribution in [2.24, 2.45) is 0 Å². The van der Waals surface area contributed by atoms with Crippen LogP contribution in [0.5, 0.6) is 5.75 Å². The average Bonchev–Trinajstić information content (AvgIpc) is 2.27. The molecule has 0 saturated heterocycles. The van der Waals surface area contributed by atoms with Crippen molar-refractivity contribution >= 4 is 12.6 Å². The highest BCUT2D eigenvalue weighted by Crippen LogP contribution is 2.15. The number of nitrogens with zero attached hydrogens (tertiary/aromatic N) is 1. The number of alkyl halides is 3. The molecule has 2 N–H and O–H groups in total. The number of hydrogen-bond acceptors (Lipinski definition) is 4. The second-order valence-electron chi connectivity index (χ2n) is 4.14. The molecule has 0 unspecified atom stereocenters. The molecule has 0 aromatic heterocycles. The van der Waals surface area contributed by atoms with E-state index in [1.807, 2.05) is 0 Å². The van der Waals surface area contributed by atoms with E-state index in [1.165, 1.54) is 31.3 Å². The fourth-order valence-electron chi connectivity index (χ4n) is 1.44. The van der Waals surface area contributed by atoms with Gasteiger partial charge in [0, 0.05) is 6.54 Å². The lowest BCUT2D eigenvalue weighted by Gasteiger charge is -2.18. The lowest BCUT2D eigenvalue weighted by Crippen LogP contribution is -2.33. The third kappa shape index (κ3) is 6.46. The first-order valence-electron chi connectivity index (χ1n) is 5.62. The van der Waals surface area contributed by atoms with Crippen LogP contribution in [-0.4, -0.2) is 55.0 Å². The van der Waals surface area contributed by atoms with Crippen LogP contribution in [0.4, 0.5) is 13.2 Å². The Morgan fingerprint density at radius 3 is 2.26 bits per heavy atom. The van der Waals surface area contributed by atoms with Gasteiger partial charge in [-0.25, -0.2) is 0 Å². The molecule has 1 aromatic carbocycles. The molecule has 0 atom stereocenters. The van der Waals surface area contributed by atoms with E-state index in [9.17, 15) is 13.2 Å². The second kappa shape index (κ2) is 6.79. The van der Waals surface area contributed by atoms with E-state index < -0.39 is 19.8 Å². The van der Waals surface area contributed by atoms with Crippen LogP contribution in [0.3, 0.4) is 0 Å². The van der Waals surface area contributed by atoms with Crippen molar-refractivity contribution in [1.29, 1.82) is 0 Å². The van der Waals surface area contributed by atoms with E-state index in [4.69, 9.17) is 14.8 Å². The Morgan fingerprint density at radius 2 is 1.79 bits per heavy atom. The number of benzene rings is 1. The van der Waals surface area contributed by atoms with Gasteiger partial charge < -0.3 is 14.8 Å². The SMILES string of the molecule is CN(CCOc1ccc(B(O)O)cc1)CC(F)(F)F. The molecule has 0 fully saturated rings. The summed E-state index contributed by atoms with van der Waals surface area (Å²) in [6.07, 6.45) is -4.21. The van der Waals surface area contributed by atoms with Crippen molar-refractivity contribution in [3.8, 4) is 5.75 Å². The fourth-order valence-corrected chi connectivity index (χ4v) is 1.44. The number of halogens is 3. The van der Waals surface area contributed by atoms with Crippen molar-refractivity contribution in [2.45, 2.75) is 6.18 Å². The molecule has 1 rings (SSSR count). The van der Waals surface area contributed by atoms with Gasteiger partial charge in [0.2, 0.25) is 0 Å². The summed E-state index contributed by atoms with van der Waals surface area (Å²) in [6.45, 7) is -0.719. The molecule has 0 spiro atoms. The zero-order valence-electron chi connectivity index (χ0n) is 10.4. The molecular weight excluding hydrogens is 262 g/mol. The van der Waals surface area contributed by atoms with Gasteiger partial charge in [-0.05, 0) is 24.6 Å². The van der Waals surface area contributed by atoms with Gasteiger partial charge in [0.25, 0.3) is 0 Å². The first kappa shape index (κ1) is 15.8. The number of likely N-dealkylation sites (N-methyl/N-ethyl adjacent to an activating group) is 1. The molecular formula is C11H15BF3NO3. The maximum Gasteiger partial charge on any atom is 0.488 e. The van der Waals surface area contributed by atoms with E-state index in [0.717, 1.165) is 4.90 Å². The molecule has 0 radical (unpaired) electrons. The summed E-state index contributed by atoms with van der Waals surface area (Å²) < 4.78 is 41.4. The minimum atomic E-state index is -4.21. The predicted octanol–water partition coefficient (Wildman–Crippen LogP) is 0.239. The summed E-state index contributed by atoms with van der Waals surface area (Å²) in [4.78, 5) is 1.12. The summed E-state index contributed by atoms with van der Waals surface area (Å²) >= 11 is 0. The number of rotatable bonds is 6. The van der Waals surface area contributed by atoms with Crippen molar-refractivity contribution in [2.75, 3.05) is 26.7 Å². The highest BCUT2D eigenvalue weighted by Gasteiger charge is 2.28. The molecule has 0 heterocycles. The molecule has 0 aliphatic rings. The van der Waals surface area contributed by atoms with E-state index in [-0.39, 0.29) is 13.2 Å². The first-order valence-corrected chi connectivity index (χ1v) is 5.62. The van der Waals surface area contributed by atoms with E-state index in [0.29, 0.717) is 11.2 Å². The predicted molar refractivity (Wildman–Crippen MR) is 65.3 cm³/mol. The lowest BCUT2D eigenvalue weighted by molar-refractivity contribution is -0.143. The van der Waals surface area contributed by atoms with Crippen LogP contribution in [0.25, 0.3) is 0 Å². The minimum Gasteiger partial charge on any atom is -0.492 e. The van der Waals surface area contributed by atoms with Gasteiger partial charge in [0.1, 0.15) is 12.4 Å². The molecule has 0 bridgehead atoms. The van der Waals surface area contributed by atoms with Crippen molar-refractivity contribution in [3.63, 3.8) is 0 Å². The van der Waals surface area contributed by atoms with Gasteiger partial charge in [-0.3, -0.25) is 4.90 Å². The molecule has 106 valence electrons. The molecule has 1 aromatic rings. The van der Waals surface area contributed by atoms with Crippen LogP contribution in [0.2, 0.25) is 0 Å². The van der Waals surface area contributed by atoms with Crippen LogP contribution in [-0.2, 0) is 0 Å². The maximum atomic E-state index is 12.0. The third-order valence-electron chi connectivity index (χ3n) is 2.37. The van der Waals surface area contributed by atoms with Crippen LogP contribution in [0.1, 0.15) is 0 Å². The zero-order valence-corrected chi connectivity index (χ0v) is 10.4. The molecule has 0 aliphatic heterocycles. The largest absolute Gasteiger partial charge is 0.492 e. The molecule has 0 saturated carbocycles. The Kier molecular flexibility index (Phi) is 5.65. The average molecular weight is 277 g/mol. The van der Waals surface area contributed by atoms with Crippen LogP contribution in [0, 0.1) is 0 Å². The second-order valence-corrected chi connectivity index (χ2v) is 4.14. The Hall–Kier alpha value is -1.25. The minimum absolute atomic E-state index is 0.119. The number of hydrogen-bond donors (Lipinski definition) is 2. The van der Waals surface area contributed by atoms with Gasteiger partial charge in [-0.1, -0.05) is 12.1 Å². The number of ether oxygens (including phenoxy) is 1. The summed E-state index contributed by atoms with van der Waals surface area (Å²) in [5, 5.41) is 17.7. The quantitative estimate of drug-likeness (QED) is 0.731. The third-order valence-corrected chi connectivity index (χ3v) is 2.37. The molecule has 19 heavy (non-hydrogen) atoms. The van der Waals surface area contributed by atoms with Crippen molar-refractivity contribution < 1.29 is 28.0 Å². The van der Waals surface area contributed by atoms with E-state index in [1.54, 1.807) is 0 Å². The van der Waals surface area contributed by atoms with Gasteiger partial charge in [-0.2, -0.15) is 13.2 Å². The fraction of sp³-hybridized carbons (Fsp3) is 0.455. The Balaban J connectivity index is 2.33. The highest BCUT2D eigenvalue weighted by atomic mass is 19.4. The summed E-state index contributed by atoms with van der Waals surface area (Å²) in [6, 6.07) is 6.00. The van der Waals surface area contributed by atoms with Crippen molar-refractivity contribution in [1.82, 2.24) is 4.90 Å². The lowest BCUT2D eigenvalue weighted by atomic mass is 9.80. The summed E-state index contributed by atoms with van der Waals surface area (Å²) in [5.74, 6) is 0.463. The summed E-state index contributed by atoms with van der Waals surface area (Å²) in [5.41, 5.74) is 0.321. The molecule has 0 amide bonds. The van der Waals surface area contributed by atoms with Crippen LogP contribution in [0.15, 0.2) is 24.3 Å². The van der Waals surface area contributed by atoms with Gasteiger partial charge in [0.15, 0.2) is 0 Å². The van der Waals surface area contributed by atoms with Crippen LogP contribution >= 0.6 is 0 Å². The van der Waals surface area contributed by atoms with Gasteiger partial charge >= 0.3 is 13.3 Å². The summed E-state index contributed by atoms with van der Waals surface area (Å²) in [7, 11) is -0.186. The van der Waals surface area contributed by atoms with Gasteiger partial charge in [0.05, 0.1) is 6.54 Å². The topological polar surface area (TPSA) is 52.9 Å². The highest BCUT2D eigenvalue weighted by molar-refractivity contribution is 6.58. The molecule has 8 heteroatoms. The Bertz CT molecular complexity index is 384. The van der Waals surface area contributed by atoms with Gasteiger partial charge in [-0.15, -0.1) is 0 Å². The Labute approximate surface area is 109 Å². The Morgan fingerprint density at radius 1 is 1.21 bits per heavy atom. The van der Waals surface area contributed by atoms with E-state index >= 15 is 0 Å². The first-order chi connectivity index (χ1) is 8.78.